The van der Waals surface area contributed by atoms with E-state index in [-0.39, 0.29) is 30.3 Å². The van der Waals surface area contributed by atoms with E-state index in [9.17, 15) is 9.59 Å². The van der Waals surface area contributed by atoms with E-state index < -0.39 is 0 Å². The Morgan fingerprint density at radius 1 is 1.05 bits per heavy atom. The Kier molecular flexibility index (Phi) is 7.68. The summed E-state index contributed by atoms with van der Waals surface area (Å²) in [6, 6.07) is 18.6. The second-order valence-electron chi connectivity index (χ2n) is 10.2. The first-order valence-electron chi connectivity index (χ1n) is 12.1. The van der Waals surface area contributed by atoms with Gasteiger partial charge < -0.3 is 14.6 Å². The maximum Gasteiger partial charge on any atom is 0.254 e. The second-order valence-corrected chi connectivity index (χ2v) is 11.1. The van der Waals surface area contributed by atoms with Crippen molar-refractivity contribution in [1.29, 1.82) is 0 Å². The van der Waals surface area contributed by atoms with Crippen LogP contribution in [0, 0.1) is 13.8 Å². The number of benzene rings is 2. The molecule has 0 radical (unpaired) electrons. The number of carbonyl (C=O) groups is 2. The average molecular weight is 563 g/mol. The minimum atomic E-state index is -0.330. The van der Waals surface area contributed by atoms with Gasteiger partial charge in [0.1, 0.15) is 18.1 Å². The Hall–Kier alpha value is -3.65. The predicted octanol–water partition coefficient (Wildman–Crippen LogP) is 6.42. The van der Waals surface area contributed by atoms with Crippen molar-refractivity contribution in [2.45, 2.75) is 46.6 Å². The Labute approximate surface area is 225 Å². The lowest BCUT2D eigenvalue weighted by atomic mass is 9.92. The van der Waals surface area contributed by atoms with E-state index in [2.05, 4.69) is 48.1 Å². The smallest absolute Gasteiger partial charge is 0.254 e. The van der Waals surface area contributed by atoms with E-state index in [4.69, 9.17) is 9.52 Å². The van der Waals surface area contributed by atoms with Crippen LogP contribution in [0.25, 0.3) is 5.69 Å². The standard InChI is InChI=1S/C29H31BrN4O3/c1-19-8-13-24(20(2)15-19)34-26(16-25(32-34)29(3,4)5)31-27(35)18-33(17-23-7-6-14-37-23)28(36)21-9-11-22(30)12-10-21/h6-16H,17-18H2,1-5H3,(H,31,35). The van der Waals surface area contributed by atoms with E-state index in [1.54, 1.807) is 47.3 Å². The van der Waals surface area contributed by atoms with Gasteiger partial charge in [0, 0.05) is 21.5 Å². The molecular weight excluding hydrogens is 532 g/mol. The first-order chi connectivity index (χ1) is 17.5. The van der Waals surface area contributed by atoms with Crippen LogP contribution in [0.5, 0.6) is 0 Å². The molecule has 4 rings (SSSR count). The number of nitrogens with one attached hydrogen (secondary N) is 1. The van der Waals surface area contributed by atoms with Crippen molar-refractivity contribution >= 4 is 33.6 Å². The van der Waals surface area contributed by atoms with Gasteiger partial charge in [0.15, 0.2) is 0 Å². The summed E-state index contributed by atoms with van der Waals surface area (Å²) in [6.45, 7) is 10.3. The van der Waals surface area contributed by atoms with Crippen molar-refractivity contribution in [2.75, 3.05) is 11.9 Å². The highest BCUT2D eigenvalue weighted by atomic mass is 79.9. The van der Waals surface area contributed by atoms with Crippen LogP contribution in [0.2, 0.25) is 0 Å². The van der Waals surface area contributed by atoms with Crippen LogP contribution in [0.1, 0.15) is 53.7 Å². The van der Waals surface area contributed by atoms with E-state index in [0.717, 1.165) is 27.0 Å². The number of nitrogens with zero attached hydrogens (tertiary/aromatic N) is 3. The van der Waals surface area contributed by atoms with Gasteiger partial charge in [0.05, 0.1) is 24.2 Å². The number of halogens is 1. The molecule has 1 N–H and O–H groups in total. The van der Waals surface area contributed by atoms with E-state index >= 15 is 0 Å². The number of rotatable bonds is 7. The Morgan fingerprint density at radius 3 is 2.41 bits per heavy atom. The monoisotopic (exact) mass is 562 g/mol. The van der Waals surface area contributed by atoms with Crippen molar-refractivity contribution in [3.63, 3.8) is 0 Å². The van der Waals surface area contributed by atoms with E-state index in [0.29, 0.717) is 17.1 Å². The minimum Gasteiger partial charge on any atom is -0.467 e. The molecule has 2 amide bonds. The van der Waals surface area contributed by atoms with Crippen molar-refractivity contribution in [2.24, 2.45) is 0 Å². The Morgan fingerprint density at radius 2 is 1.78 bits per heavy atom. The number of anilines is 1. The van der Waals surface area contributed by atoms with Crippen LogP contribution in [0.4, 0.5) is 5.82 Å². The maximum atomic E-state index is 13.3. The lowest BCUT2D eigenvalue weighted by molar-refractivity contribution is -0.117. The fourth-order valence-corrected chi connectivity index (χ4v) is 4.25. The van der Waals surface area contributed by atoms with Gasteiger partial charge in [0.2, 0.25) is 5.91 Å². The Balaban J connectivity index is 1.63. The molecule has 0 saturated carbocycles. The number of carbonyl (C=O) groups excluding carboxylic acids is 2. The van der Waals surface area contributed by atoms with Crippen LogP contribution >= 0.6 is 15.9 Å². The van der Waals surface area contributed by atoms with Gasteiger partial charge in [-0.05, 0) is 61.9 Å². The van der Waals surface area contributed by atoms with E-state index in [1.165, 1.54) is 4.90 Å². The molecule has 0 saturated heterocycles. The highest BCUT2D eigenvalue weighted by molar-refractivity contribution is 9.10. The lowest BCUT2D eigenvalue weighted by Gasteiger charge is -2.21. The lowest BCUT2D eigenvalue weighted by Crippen LogP contribution is -2.37. The fraction of sp³-hybridized carbons (Fsp3) is 0.276. The zero-order valence-electron chi connectivity index (χ0n) is 21.7. The van der Waals surface area contributed by atoms with Crippen LogP contribution in [0.3, 0.4) is 0 Å². The molecule has 37 heavy (non-hydrogen) atoms. The molecule has 2 heterocycles. The predicted molar refractivity (Wildman–Crippen MR) is 148 cm³/mol. The molecular formula is C29H31BrN4O3. The molecule has 4 aromatic rings. The van der Waals surface area contributed by atoms with Gasteiger partial charge in [-0.2, -0.15) is 5.10 Å². The highest BCUT2D eigenvalue weighted by Crippen LogP contribution is 2.28. The summed E-state index contributed by atoms with van der Waals surface area (Å²) in [5.74, 6) is 0.547. The van der Waals surface area contributed by atoms with Gasteiger partial charge in [-0.3, -0.25) is 9.59 Å². The largest absolute Gasteiger partial charge is 0.467 e. The summed E-state index contributed by atoms with van der Waals surface area (Å²) in [5.41, 5.74) is 4.19. The second kappa shape index (κ2) is 10.8. The normalized spacial score (nSPS) is 11.4. The average Bonchev–Trinajstić information content (AvgIpc) is 3.49. The molecule has 0 fully saturated rings. The first-order valence-corrected chi connectivity index (χ1v) is 12.9. The summed E-state index contributed by atoms with van der Waals surface area (Å²) >= 11 is 3.40. The molecule has 8 heteroatoms. The summed E-state index contributed by atoms with van der Waals surface area (Å²) in [4.78, 5) is 28.2. The molecule has 0 atom stereocenters. The Bertz CT molecular complexity index is 1400. The zero-order chi connectivity index (χ0) is 26.7. The van der Waals surface area contributed by atoms with Gasteiger partial charge in [0.25, 0.3) is 5.91 Å². The quantitative estimate of drug-likeness (QED) is 0.281. The van der Waals surface area contributed by atoms with E-state index in [1.807, 2.05) is 32.0 Å². The van der Waals surface area contributed by atoms with Gasteiger partial charge >= 0.3 is 0 Å². The SMILES string of the molecule is Cc1ccc(-n2nc(C(C)(C)C)cc2NC(=O)CN(Cc2ccco2)C(=O)c2ccc(Br)cc2)c(C)c1. The van der Waals surface area contributed by atoms with Gasteiger partial charge in [-0.25, -0.2) is 4.68 Å². The van der Waals surface area contributed by atoms with Crippen LogP contribution in [0.15, 0.2) is 75.8 Å². The van der Waals surface area contributed by atoms with Crippen molar-refractivity contribution in [3.05, 3.63) is 99.5 Å². The van der Waals surface area contributed by atoms with Crippen LogP contribution < -0.4 is 5.32 Å². The topological polar surface area (TPSA) is 80.4 Å². The van der Waals surface area contributed by atoms with Crippen LogP contribution in [-0.2, 0) is 16.8 Å². The van der Waals surface area contributed by atoms with Crippen molar-refractivity contribution in [1.82, 2.24) is 14.7 Å². The van der Waals surface area contributed by atoms with Gasteiger partial charge in [-0.1, -0.05) is 54.4 Å². The number of hydrogen-bond acceptors (Lipinski definition) is 4. The third-order valence-electron chi connectivity index (χ3n) is 5.97. The number of aryl methyl sites for hydroxylation is 2. The molecule has 2 aromatic heterocycles. The molecule has 7 nitrogen and oxygen atoms in total. The summed E-state index contributed by atoms with van der Waals surface area (Å²) < 4.78 is 8.10. The first kappa shape index (κ1) is 26.4. The molecule has 192 valence electrons. The molecule has 2 aromatic carbocycles. The number of hydrogen-bond donors (Lipinski definition) is 1. The molecule has 0 spiro atoms. The van der Waals surface area contributed by atoms with Crippen molar-refractivity contribution < 1.29 is 14.0 Å². The molecule has 0 aliphatic heterocycles. The number of furan rings is 1. The molecule has 0 aliphatic carbocycles. The van der Waals surface area contributed by atoms with Gasteiger partial charge in [-0.15, -0.1) is 0 Å². The minimum absolute atomic E-state index is 0.154. The van der Waals surface area contributed by atoms with Crippen LogP contribution in [-0.4, -0.2) is 33.0 Å². The number of amides is 2. The molecule has 0 unspecified atom stereocenters. The third kappa shape index (κ3) is 6.38. The summed E-state index contributed by atoms with van der Waals surface area (Å²) in [7, 11) is 0. The summed E-state index contributed by atoms with van der Waals surface area (Å²) in [5, 5.41) is 7.83. The maximum absolute atomic E-state index is 13.3. The zero-order valence-corrected chi connectivity index (χ0v) is 23.3. The third-order valence-corrected chi connectivity index (χ3v) is 6.49. The fourth-order valence-electron chi connectivity index (χ4n) is 3.98. The summed E-state index contributed by atoms with van der Waals surface area (Å²) in [6.07, 6.45) is 1.55. The molecule has 0 bridgehead atoms. The van der Waals surface area contributed by atoms with Crippen molar-refractivity contribution in [3.8, 4) is 5.69 Å². The molecule has 0 aliphatic rings. The number of aromatic nitrogens is 2. The highest BCUT2D eigenvalue weighted by Gasteiger charge is 2.24.